The fourth-order valence-electron chi connectivity index (χ4n) is 3.31. The number of benzene rings is 1. The molecule has 0 spiro atoms. The second kappa shape index (κ2) is 5.50. The minimum absolute atomic E-state index is 0.0135. The Morgan fingerprint density at radius 1 is 1.17 bits per heavy atom. The number of hydrogen-bond donors (Lipinski definition) is 0. The summed E-state index contributed by atoms with van der Waals surface area (Å²) in [7, 11) is 0. The van der Waals surface area contributed by atoms with Crippen molar-refractivity contribution in [2.75, 3.05) is 6.54 Å². The van der Waals surface area contributed by atoms with Gasteiger partial charge in [-0.25, -0.2) is 0 Å². The fourth-order valence-corrected chi connectivity index (χ4v) is 3.31. The van der Waals surface area contributed by atoms with Gasteiger partial charge in [-0.3, -0.25) is 9.20 Å². The van der Waals surface area contributed by atoms with Crippen molar-refractivity contribution in [3.05, 3.63) is 65.6 Å². The summed E-state index contributed by atoms with van der Waals surface area (Å²) in [5.41, 5.74) is 2.66. The number of nitrogens with zero attached hydrogens (tertiary/aromatic N) is 4. The number of rotatable bonds is 2. The molecule has 1 saturated heterocycles. The van der Waals surface area contributed by atoms with Crippen LogP contribution in [-0.2, 0) is 0 Å². The van der Waals surface area contributed by atoms with Crippen LogP contribution in [0.4, 0.5) is 0 Å². The van der Waals surface area contributed by atoms with Crippen LogP contribution in [-0.4, -0.2) is 31.9 Å². The average molecular weight is 306 g/mol. The largest absolute Gasteiger partial charge is 0.328 e. The minimum Gasteiger partial charge on any atom is -0.328 e. The first-order valence-corrected chi connectivity index (χ1v) is 7.91. The van der Waals surface area contributed by atoms with Gasteiger partial charge in [0.1, 0.15) is 0 Å². The Morgan fingerprint density at radius 2 is 2.09 bits per heavy atom. The molecule has 0 bridgehead atoms. The van der Waals surface area contributed by atoms with E-state index in [0.29, 0.717) is 0 Å². The van der Waals surface area contributed by atoms with Crippen molar-refractivity contribution in [1.82, 2.24) is 19.5 Å². The molecule has 1 atom stereocenters. The molecule has 3 aromatic rings. The monoisotopic (exact) mass is 306 g/mol. The van der Waals surface area contributed by atoms with Crippen LogP contribution in [0.2, 0.25) is 0 Å². The van der Waals surface area contributed by atoms with Crippen LogP contribution in [0, 0.1) is 6.92 Å². The van der Waals surface area contributed by atoms with Crippen molar-refractivity contribution in [3.8, 4) is 0 Å². The summed E-state index contributed by atoms with van der Waals surface area (Å²) in [5.74, 6) is 0.919. The summed E-state index contributed by atoms with van der Waals surface area (Å²) in [6, 6.07) is 13.6. The summed E-state index contributed by atoms with van der Waals surface area (Å²) < 4.78 is 1.98. The molecule has 1 amide bonds. The van der Waals surface area contributed by atoms with Gasteiger partial charge in [0, 0.05) is 18.3 Å². The van der Waals surface area contributed by atoms with Crippen molar-refractivity contribution < 1.29 is 4.79 Å². The van der Waals surface area contributed by atoms with Crippen LogP contribution >= 0.6 is 0 Å². The van der Waals surface area contributed by atoms with E-state index in [0.717, 1.165) is 42.0 Å². The van der Waals surface area contributed by atoms with Gasteiger partial charge in [0.25, 0.3) is 5.91 Å². The van der Waals surface area contributed by atoms with E-state index in [1.165, 1.54) is 0 Å². The van der Waals surface area contributed by atoms with Crippen LogP contribution < -0.4 is 0 Å². The van der Waals surface area contributed by atoms with E-state index in [4.69, 9.17) is 0 Å². The lowest BCUT2D eigenvalue weighted by Gasteiger charge is -2.23. The Balaban J connectivity index is 1.70. The third-order valence-electron chi connectivity index (χ3n) is 4.42. The topological polar surface area (TPSA) is 50.5 Å². The summed E-state index contributed by atoms with van der Waals surface area (Å²) in [6.07, 6.45) is 3.87. The van der Waals surface area contributed by atoms with Gasteiger partial charge in [-0.05, 0) is 44.0 Å². The number of aryl methyl sites for hydroxylation is 1. The number of hydrogen-bond acceptors (Lipinski definition) is 3. The first-order valence-electron chi connectivity index (χ1n) is 7.91. The molecule has 1 fully saturated rings. The molecule has 0 N–H and O–H groups in total. The van der Waals surface area contributed by atoms with E-state index in [2.05, 4.69) is 10.2 Å². The normalized spacial score (nSPS) is 17.8. The smallest absolute Gasteiger partial charge is 0.254 e. The Hall–Kier alpha value is -2.69. The quantitative estimate of drug-likeness (QED) is 0.731. The predicted molar refractivity (Wildman–Crippen MR) is 87.2 cm³/mol. The molecular formula is C18H18N4O. The second-order valence-electron chi connectivity index (χ2n) is 6.01. The maximum absolute atomic E-state index is 12.9. The maximum atomic E-state index is 12.9. The first kappa shape index (κ1) is 13.9. The molecule has 5 heteroatoms. The molecule has 5 nitrogen and oxygen atoms in total. The minimum atomic E-state index is -0.0135. The number of aromatic nitrogens is 3. The van der Waals surface area contributed by atoms with Crippen molar-refractivity contribution in [1.29, 1.82) is 0 Å². The Kier molecular flexibility index (Phi) is 3.33. The molecule has 0 saturated carbocycles. The number of carbonyl (C=O) groups is 1. The van der Waals surface area contributed by atoms with Gasteiger partial charge in [-0.15, -0.1) is 10.2 Å². The standard InChI is InChI=1S/C18H18N4O/c1-13-6-4-7-14(12-13)18(23)21-11-5-8-15(21)17-20-19-16-9-2-3-10-22(16)17/h2-4,6-7,9-10,12,15H,5,8,11H2,1H3. The van der Waals surface area contributed by atoms with Gasteiger partial charge >= 0.3 is 0 Å². The van der Waals surface area contributed by atoms with Gasteiger partial charge < -0.3 is 4.90 Å². The Bertz CT molecular complexity index is 870. The number of pyridine rings is 1. The molecule has 1 aromatic carbocycles. The van der Waals surface area contributed by atoms with E-state index in [1.54, 1.807) is 0 Å². The van der Waals surface area contributed by atoms with Crippen molar-refractivity contribution in [3.63, 3.8) is 0 Å². The summed E-state index contributed by atoms with van der Waals surface area (Å²) >= 11 is 0. The first-order chi connectivity index (χ1) is 11.2. The lowest BCUT2D eigenvalue weighted by atomic mass is 10.1. The van der Waals surface area contributed by atoms with E-state index < -0.39 is 0 Å². The van der Waals surface area contributed by atoms with Gasteiger partial charge in [0.2, 0.25) is 0 Å². The molecule has 0 radical (unpaired) electrons. The molecule has 3 heterocycles. The third-order valence-corrected chi connectivity index (χ3v) is 4.42. The highest BCUT2D eigenvalue weighted by molar-refractivity contribution is 5.94. The zero-order valence-electron chi connectivity index (χ0n) is 13.0. The second-order valence-corrected chi connectivity index (χ2v) is 6.01. The molecule has 1 aliphatic rings. The van der Waals surface area contributed by atoms with Gasteiger partial charge in [0.15, 0.2) is 11.5 Å². The van der Waals surface area contributed by atoms with Gasteiger partial charge in [-0.1, -0.05) is 23.8 Å². The lowest BCUT2D eigenvalue weighted by Crippen LogP contribution is -2.31. The molecule has 2 aromatic heterocycles. The van der Waals surface area contributed by atoms with Crippen LogP contribution in [0.3, 0.4) is 0 Å². The zero-order chi connectivity index (χ0) is 15.8. The molecule has 1 unspecified atom stereocenters. The van der Waals surface area contributed by atoms with E-state index in [1.807, 2.05) is 64.9 Å². The average Bonchev–Trinajstić information content (AvgIpc) is 3.20. The lowest BCUT2D eigenvalue weighted by molar-refractivity contribution is 0.0729. The molecule has 23 heavy (non-hydrogen) atoms. The van der Waals surface area contributed by atoms with Crippen LogP contribution in [0.5, 0.6) is 0 Å². The molecule has 1 aliphatic heterocycles. The van der Waals surface area contributed by atoms with E-state index in [9.17, 15) is 4.79 Å². The SMILES string of the molecule is Cc1cccc(C(=O)N2CCCC2c2nnc3ccccn23)c1. The van der Waals surface area contributed by atoms with Crippen molar-refractivity contribution in [2.24, 2.45) is 0 Å². The number of fused-ring (bicyclic) bond motifs is 1. The number of carbonyl (C=O) groups excluding carboxylic acids is 1. The molecule has 0 aliphatic carbocycles. The zero-order valence-corrected chi connectivity index (χ0v) is 13.0. The van der Waals surface area contributed by atoms with Crippen LogP contribution in [0.25, 0.3) is 5.65 Å². The van der Waals surface area contributed by atoms with Crippen LogP contribution in [0.1, 0.15) is 40.6 Å². The van der Waals surface area contributed by atoms with Gasteiger partial charge in [-0.2, -0.15) is 0 Å². The highest BCUT2D eigenvalue weighted by Gasteiger charge is 2.33. The van der Waals surface area contributed by atoms with Crippen molar-refractivity contribution in [2.45, 2.75) is 25.8 Å². The summed E-state index contributed by atoms with van der Waals surface area (Å²) in [6.45, 7) is 2.77. The molecule has 116 valence electrons. The molecule has 4 rings (SSSR count). The van der Waals surface area contributed by atoms with Crippen LogP contribution in [0.15, 0.2) is 48.7 Å². The summed E-state index contributed by atoms with van der Waals surface area (Å²) in [4.78, 5) is 14.8. The summed E-state index contributed by atoms with van der Waals surface area (Å²) in [5, 5.41) is 8.56. The fraction of sp³-hybridized carbons (Fsp3) is 0.278. The predicted octanol–water partition coefficient (Wildman–Crippen LogP) is 3.02. The third kappa shape index (κ3) is 2.38. The molecular weight excluding hydrogens is 288 g/mol. The van der Waals surface area contributed by atoms with Gasteiger partial charge in [0.05, 0.1) is 6.04 Å². The highest BCUT2D eigenvalue weighted by atomic mass is 16.2. The Morgan fingerprint density at radius 3 is 2.96 bits per heavy atom. The van der Waals surface area contributed by atoms with E-state index in [-0.39, 0.29) is 11.9 Å². The highest BCUT2D eigenvalue weighted by Crippen LogP contribution is 2.32. The maximum Gasteiger partial charge on any atom is 0.254 e. The van der Waals surface area contributed by atoms with Crippen molar-refractivity contribution >= 4 is 11.6 Å². The number of amides is 1. The Labute approximate surface area is 134 Å². The van der Waals surface area contributed by atoms with E-state index >= 15 is 0 Å². The number of likely N-dealkylation sites (tertiary alicyclic amines) is 1.